The molecule has 1 aliphatic heterocycles. The molecule has 0 bridgehead atoms. The van der Waals surface area contributed by atoms with Gasteiger partial charge in [-0.3, -0.25) is 9.69 Å². The van der Waals surface area contributed by atoms with E-state index in [1.54, 1.807) is 4.90 Å². The van der Waals surface area contributed by atoms with Gasteiger partial charge in [0.2, 0.25) is 0 Å². The van der Waals surface area contributed by atoms with Crippen LogP contribution in [0.2, 0.25) is 0 Å². The van der Waals surface area contributed by atoms with Crippen LogP contribution in [0, 0.1) is 11.6 Å². The van der Waals surface area contributed by atoms with Gasteiger partial charge < -0.3 is 9.88 Å². The monoisotopic (exact) mass is 307 g/mol. The number of fused-ring (bicyclic) bond motifs is 1. The normalized spacial score (nSPS) is 23.2. The zero-order valence-corrected chi connectivity index (χ0v) is 12.9. The van der Waals surface area contributed by atoms with Gasteiger partial charge in [-0.1, -0.05) is 0 Å². The molecule has 22 heavy (non-hydrogen) atoms. The third kappa shape index (κ3) is 2.37. The standard InChI is InChI=1S/C16H19F2N3O/c1-9-10(2)21(5-4-20(9)3)16(22)14-7-11-6-12(17)8-13(18)15(11)19-14/h6-10,19H,4-5H2,1-3H3. The zero-order valence-electron chi connectivity index (χ0n) is 12.9. The van der Waals surface area contributed by atoms with Crippen LogP contribution in [0.3, 0.4) is 0 Å². The molecule has 0 spiro atoms. The lowest BCUT2D eigenvalue weighted by molar-refractivity contribution is 0.0359. The number of nitrogens with one attached hydrogen (secondary N) is 1. The molecule has 1 aliphatic rings. The maximum atomic E-state index is 13.8. The molecule has 2 heterocycles. The average Bonchev–Trinajstić information content (AvgIpc) is 2.88. The average molecular weight is 307 g/mol. The number of carbonyl (C=O) groups excluding carboxylic acids is 1. The predicted molar refractivity (Wildman–Crippen MR) is 80.8 cm³/mol. The van der Waals surface area contributed by atoms with Crippen LogP contribution in [0.1, 0.15) is 24.3 Å². The van der Waals surface area contributed by atoms with Gasteiger partial charge in [-0.15, -0.1) is 0 Å². The highest BCUT2D eigenvalue weighted by Gasteiger charge is 2.32. The van der Waals surface area contributed by atoms with E-state index >= 15 is 0 Å². The van der Waals surface area contributed by atoms with E-state index in [1.807, 2.05) is 14.0 Å². The van der Waals surface area contributed by atoms with Crippen molar-refractivity contribution in [3.63, 3.8) is 0 Å². The Balaban J connectivity index is 1.94. The van der Waals surface area contributed by atoms with E-state index in [1.165, 1.54) is 12.1 Å². The Kier molecular flexibility index (Phi) is 3.64. The van der Waals surface area contributed by atoms with E-state index < -0.39 is 11.6 Å². The quantitative estimate of drug-likeness (QED) is 0.879. The van der Waals surface area contributed by atoms with Crippen LogP contribution >= 0.6 is 0 Å². The molecule has 4 nitrogen and oxygen atoms in total. The van der Waals surface area contributed by atoms with Crippen LogP contribution in [-0.4, -0.2) is 52.9 Å². The largest absolute Gasteiger partial charge is 0.348 e. The highest BCUT2D eigenvalue weighted by molar-refractivity contribution is 5.98. The highest BCUT2D eigenvalue weighted by atomic mass is 19.1. The van der Waals surface area contributed by atoms with Crippen molar-refractivity contribution < 1.29 is 13.6 Å². The van der Waals surface area contributed by atoms with E-state index in [4.69, 9.17) is 0 Å². The summed E-state index contributed by atoms with van der Waals surface area (Å²) >= 11 is 0. The SMILES string of the molecule is CC1C(C)N(C(=O)c2cc3cc(F)cc(F)c3[nH]2)CCN1C. The molecular weight excluding hydrogens is 288 g/mol. The number of aromatic amines is 1. The van der Waals surface area contributed by atoms with Crippen molar-refractivity contribution in [2.75, 3.05) is 20.1 Å². The predicted octanol–water partition coefficient (Wildman–Crippen LogP) is 2.61. The number of amides is 1. The lowest BCUT2D eigenvalue weighted by Crippen LogP contribution is -2.57. The first-order chi connectivity index (χ1) is 10.4. The summed E-state index contributed by atoms with van der Waals surface area (Å²) in [5.74, 6) is -1.51. The lowest BCUT2D eigenvalue weighted by Gasteiger charge is -2.43. The van der Waals surface area contributed by atoms with E-state index in [0.717, 1.165) is 12.6 Å². The molecule has 0 saturated carbocycles. The van der Waals surface area contributed by atoms with Crippen molar-refractivity contribution in [1.82, 2.24) is 14.8 Å². The molecule has 1 fully saturated rings. The Labute approximate surface area is 127 Å². The second kappa shape index (κ2) is 5.35. The molecule has 1 aromatic carbocycles. The number of hydrogen-bond acceptors (Lipinski definition) is 2. The van der Waals surface area contributed by atoms with Gasteiger partial charge in [-0.05, 0) is 33.0 Å². The van der Waals surface area contributed by atoms with Gasteiger partial charge in [0.15, 0.2) is 0 Å². The summed E-state index contributed by atoms with van der Waals surface area (Å²) in [4.78, 5) is 19.5. The second-order valence-corrected chi connectivity index (χ2v) is 6.00. The highest BCUT2D eigenvalue weighted by Crippen LogP contribution is 2.23. The molecule has 0 radical (unpaired) electrons. The molecule has 2 unspecified atom stereocenters. The number of hydrogen-bond donors (Lipinski definition) is 1. The summed E-state index contributed by atoms with van der Waals surface area (Å²) in [6.07, 6.45) is 0. The number of rotatable bonds is 1. The fourth-order valence-corrected chi connectivity index (χ4v) is 3.02. The van der Waals surface area contributed by atoms with Crippen molar-refractivity contribution in [1.29, 1.82) is 0 Å². The van der Waals surface area contributed by atoms with Crippen LogP contribution in [0.4, 0.5) is 8.78 Å². The molecule has 2 atom stereocenters. The van der Waals surface area contributed by atoms with Crippen molar-refractivity contribution in [3.05, 3.63) is 35.5 Å². The molecule has 2 aromatic rings. The summed E-state index contributed by atoms with van der Waals surface area (Å²) in [6.45, 7) is 5.49. The van der Waals surface area contributed by atoms with Crippen LogP contribution < -0.4 is 0 Å². The first-order valence-corrected chi connectivity index (χ1v) is 7.37. The molecular formula is C16H19F2N3O. The first-order valence-electron chi connectivity index (χ1n) is 7.37. The molecule has 3 rings (SSSR count). The van der Waals surface area contributed by atoms with Crippen LogP contribution in [-0.2, 0) is 0 Å². The molecule has 1 aromatic heterocycles. The van der Waals surface area contributed by atoms with Gasteiger partial charge in [-0.25, -0.2) is 8.78 Å². The number of halogens is 2. The number of nitrogens with zero attached hydrogens (tertiary/aromatic N) is 2. The number of likely N-dealkylation sites (N-methyl/N-ethyl adjacent to an activating group) is 1. The molecule has 118 valence electrons. The van der Waals surface area contributed by atoms with Crippen LogP contribution in [0.15, 0.2) is 18.2 Å². The summed E-state index contributed by atoms with van der Waals surface area (Å²) < 4.78 is 27.0. The minimum atomic E-state index is -0.686. The smallest absolute Gasteiger partial charge is 0.270 e. The van der Waals surface area contributed by atoms with E-state index in [9.17, 15) is 13.6 Å². The fourth-order valence-electron chi connectivity index (χ4n) is 3.02. The third-order valence-corrected chi connectivity index (χ3v) is 4.71. The van der Waals surface area contributed by atoms with Crippen LogP contribution in [0.5, 0.6) is 0 Å². The minimum Gasteiger partial charge on any atom is -0.348 e. The topological polar surface area (TPSA) is 39.3 Å². The van der Waals surface area contributed by atoms with Crippen molar-refractivity contribution in [3.8, 4) is 0 Å². The number of piperazine rings is 1. The van der Waals surface area contributed by atoms with Gasteiger partial charge in [-0.2, -0.15) is 0 Å². The van der Waals surface area contributed by atoms with Crippen LogP contribution in [0.25, 0.3) is 10.9 Å². The molecule has 1 N–H and O–H groups in total. The van der Waals surface area contributed by atoms with Gasteiger partial charge in [0, 0.05) is 36.6 Å². The Bertz CT molecular complexity index is 727. The maximum absolute atomic E-state index is 13.8. The third-order valence-electron chi connectivity index (χ3n) is 4.71. The Hall–Kier alpha value is -1.95. The maximum Gasteiger partial charge on any atom is 0.270 e. The number of aromatic nitrogens is 1. The molecule has 0 aliphatic carbocycles. The Morgan fingerprint density at radius 2 is 1.91 bits per heavy atom. The summed E-state index contributed by atoms with van der Waals surface area (Å²) in [7, 11) is 2.03. The van der Waals surface area contributed by atoms with Crippen molar-refractivity contribution in [2.45, 2.75) is 25.9 Å². The number of benzene rings is 1. The molecule has 1 amide bonds. The first kappa shape index (κ1) is 15.0. The Morgan fingerprint density at radius 1 is 1.18 bits per heavy atom. The van der Waals surface area contributed by atoms with E-state index in [2.05, 4.69) is 16.8 Å². The van der Waals surface area contributed by atoms with E-state index in [-0.39, 0.29) is 23.5 Å². The summed E-state index contributed by atoms with van der Waals surface area (Å²) in [5, 5.41) is 0.371. The summed E-state index contributed by atoms with van der Waals surface area (Å²) in [6, 6.07) is 3.85. The fraction of sp³-hybridized carbons (Fsp3) is 0.438. The number of H-pyrrole nitrogens is 1. The summed E-state index contributed by atoms with van der Waals surface area (Å²) in [5.41, 5.74) is 0.461. The van der Waals surface area contributed by atoms with Crippen molar-refractivity contribution >= 4 is 16.8 Å². The van der Waals surface area contributed by atoms with Gasteiger partial charge in [0.05, 0.1) is 5.52 Å². The van der Waals surface area contributed by atoms with E-state index in [0.29, 0.717) is 17.6 Å². The Morgan fingerprint density at radius 3 is 2.64 bits per heavy atom. The zero-order chi connectivity index (χ0) is 16.0. The minimum absolute atomic E-state index is 0.0549. The van der Waals surface area contributed by atoms with Gasteiger partial charge in [0.25, 0.3) is 5.91 Å². The van der Waals surface area contributed by atoms with Crippen molar-refractivity contribution in [2.24, 2.45) is 0 Å². The molecule has 1 saturated heterocycles. The second-order valence-electron chi connectivity index (χ2n) is 6.00. The number of carbonyl (C=O) groups is 1. The molecule has 6 heteroatoms. The van der Waals surface area contributed by atoms with Gasteiger partial charge in [0.1, 0.15) is 17.3 Å². The van der Waals surface area contributed by atoms with Gasteiger partial charge >= 0.3 is 0 Å². The lowest BCUT2D eigenvalue weighted by atomic mass is 10.1.